The quantitative estimate of drug-likeness (QED) is 0.577. The monoisotopic (exact) mass is 428 g/mol. The van der Waals surface area contributed by atoms with E-state index >= 15 is 0 Å². The first-order valence-electron chi connectivity index (χ1n) is 9.98. The van der Waals surface area contributed by atoms with Crippen molar-refractivity contribution in [3.63, 3.8) is 0 Å². The molecule has 0 bridgehead atoms. The number of hydrogen-bond donors (Lipinski definition) is 1. The van der Waals surface area contributed by atoms with E-state index in [0.717, 1.165) is 30.2 Å². The predicted molar refractivity (Wildman–Crippen MR) is 118 cm³/mol. The average Bonchev–Trinajstić information content (AvgIpc) is 2.71. The molecule has 0 radical (unpaired) electrons. The van der Waals surface area contributed by atoms with Crippen LogP contribution in [0.1, 0.15) is 49.3 Å². The van der Waals surface area contributed by atoms with Crippen molar-refractivity contribution in [2.75, 3.05) is 31.1 Å². The summed E-state index contributed by atoms with van der Waals surface area (Å²) in [6, 6.07) is 8.93. The Hall–Kier alpha value is -2.61. The van der Waals surface area contributed by atoms with Gasteiger partial charge < -0.3 is 14.9 Å². The van der Waals surface area contributed by atoms with Crippen molar-refractivity contribution in [2.24, 2.45) is 0 Å². The topological polar surface area (TPSA) is 86.6 Å². The van der Waals surface area contributed by atoms with Crippen LogP contribution in [-0.2, 0) is 16.0 Å². The molecule has 30 heavy (non-hydrogen) atoms. The number of carbonyl (C=O) groups excluding carboxylic acids is 1. The number of hydrogen-bond acceptors (Lipinski definition) is 6. The van der Waals surface area contributed by atoms with Crippen LogP contribution in [0.15, 0.2) is 35.5 Å². The highest BCUT2D eigenvalue weighted by Gasteiger charge is 2.23. The second-order valence-electron chi connectivity index (χ2n) is 8.43. The molecule has 0 unspecified atom stereocenters. The largest absolute Gasteiger partial charge is 0.478 e. The molecule has 7 nitrogen and oxygen atoms in total. The Kier molecular flexibility index (Phi) is 6.65. The van der Waals surface area contributed by atoms with Gasteiger partial charge in [0.2, 0.25) is 5.91 Å². The van der Waals surface area contributed by atoms with Gasteiger partial charge in [-0.3, -0.25) is 4.79 Å². The number of anilines is 1. The van der Waals surface area contributed by atoms with E-state index < -0.39 is 5.97 Å². The lowest BCUT2D eigenvalue weighted by Crippen LogP contribution is -2.48. The molecule has 1 saturated heterocycles. The van der Waals surface area contributed by atoms with E-state index in [4.69, 9.17) is 15.1 Å². The summed E-state index contributed by atoms with van der Waals surface area (Å²) in [5.41, 5.74) is 2.16. The minimum absolute atomic E-state index is 0.109. The summed E-state index contributed by atoms with van der Waals surface area (Å²) < 4.78 is 0. The first-order valence-corrected chi connectivity index (χ1v) is 11.0. The highest BCUT2D eigenvalue weighted by molar-refractivity contribution is 7.98. The molecule has 0 saturated carbocycles. The number of thioether (sulfide) groups is 1. The van der Waals surface area contributed by atoms with Crippen molar-refractivity contribution in [3.05, 3.63) is 47.2 Å². The summed E-state index contributed by atoms with van der Waals surface area (Å²) in [5.74, 6) is 0.732. The molecule has 3 rings (SSSR count). The van der Waals surface area contributed by atoms with Crippen LogP contribution in [0.25, 0.3) is 0 Å². The third-order valence-electron chi connectivity index (χ3n) is 5.08. The van der Waals surface area contributed by atoms with Gasteiger partial charge in [-0.1, -0.05) is 44.7 Å². The smallest absolute Gasteiger partial charge is 0.335 e. The summed E-state index contributed by atoms with van der Waals surface area (Å²) in [6.45, 7) is 10.9. The van der Waals surface area contributed by atoms with Crippen molar-refractivity contribution in [1.29, 1.82) is 0 Å². The highest BCUT2D eigenvalue weighted by Crippen LogP contribution is 2.29. The molecule has 1 aromatic heterocycles. The Labute approximate surface area is 181 Å². The minimum atomic E-state index is -0.926. The molecule has 0 aliphatic carbocycles. The first kappa shape index (κ1) is 22.1. The number of benzene rings is 1. The molecule has 0 spiro atoms. The lowest BCUT2D eigenvalue weighted by molar-refractivity contribution is -0.129. The minimum Gasteiger partial charge on any atom is -0.478 e. The van der Waals surface area contributed by atoms with Crippen molar-refractivity contribution in [2.45, 2.75) is 44.0 Å². The summed E-state index contributed by atoms with van der Waals surface area (Å²) in [6.07, 6.45) is 0. The van der Waals surface area contributed by atoms with Gasteiger partial charge in [0.25, 0.3) is 0 Å². The standard InChI is InChI=1S/C22H28N4O3S/c1-15(27)25-9-11-26(12-10-25)19-13-18(22(2,3)4)23-21(24-19)30-14-16-5-7-17(8-6-16)20(28)29/h5-8,13H,9-12,14H2,1-4H3,(H,28,29). The molecule has 0 atom stereocenters. The molecule has 1 amide bonds. The van der Waals surface area contributed by atoms with E-state index in [-0.39, 0.29) is 16.9 Å². The normalized spacial score (nSPS) is 14.7. The Bertz CT molecular complexity index is 917. The van der Waals surface area contributed by atoms with Crippen LogP contribution >= 0.6 is 11.8 Å². The number of nitrogens with zero attached hydrogens (tertiary/aromatic N) is 4. The third kappa shape index (κ3) is 5.50. The van der Waals surface area contributed by atoms with Gasteiger partial charge in [0.1, 0.15) is 5.82 Å². The maximum atomic E-state index is 11.6. The SMILES string of the molecule is CC(=O)N1CCN(c2cc(C(C)(C)C)nc(SCc3ccc(C(=O)O)cc3)n2)CC1. The van der Waals surface area contributed by atoms with E-state index in [1.54, 1.807) is 30.8 Å². The lowest BCUT2D eigenvalue weighted by Gasteiger charge is -2.35. The van der Waals surface area contributed by atoms with Crippen molar-refractivity contribution < 1.29 is 14.7 Å². The number of carboxylic acids is 1. The predicted octanol–water partition coefficient (Wildman–Crippen LogP) is 3.43. The zero-order valence-electron chi connectivity index (χ0n) is 17.9. The average molecular weight is 429 g/mol. The fourth-order valence-corrected chi connectivity index (χ4v) is 3.97. The van der Waals surface area contributed by atoms with Crippen LogP contribution in [0.3, 0.4) is 0 Å². The molecule has 1 aliphatic rings. The summed E-state index contributed by atoms with van der Waals surface area (Å²) in [7, 11) is 0. The second kappa shape index (κ2) is 9.04. The number of rotatable bonds is 5. The molecule has 8 heteroatoms. The van der Waals surface area contributed by atoms with Crippen LogP contribution in [-0.4, -0.2) is 58.0 Å². The van der Waals surface area contributed by atoms with Gasteiger partial charge >= 0.3 is 5.97 Å². The third-order valence-corrected chi connectivity index (χ3v) is 6.00. The van der Waals surface area contributed by atoms with Gasteiger partial charge in [-0.25, -0.2) is 14.8 Å². The van der Waals surface area contributed by atoms with Gasteiger partial charge in [-0.05, 0) is 17.7 Å². The van der Waals surface area contributed by atoms with Crippen LogP contribution in [0.4, 0.5) is 5.82 Å². The van der Waals surface area contributed by atoms with Gasteiger partial charge in [0.05, 0.1) is 11.3 Å². The number of carboxylic acid groups (broad SMARTS) is 1. The van der Waals surface area contributed by atoms with Crippen molar-refractivity contribution in [3.8, 4) is 0 Å². The summed E-state index contributed by atoms with van der Waals surface area (Å²) in [4.78, 5) is 36.2. The van der Waals surface area contributed by atoms with Gasteiger partial charge in [-0.2, -0.15) is 0 Å². The molecular weight excluding hydrogens is 400 g/mol. The summed E-state index contributed by atoms with van der Waals surface area (Å²) in [5, 5.41) is 9.74. The van der Waals surface area contributed by atoms with Crippen LogP contribution in [0, 0.1) is 0 Å². The van der Waals surface area contributed by atoms with Gasteiger partial charge in [0, 0.05) is 50.3 Å². The zero-order chi connectivity index (χ0) is 21.9. The van der Waals surface area contributed by atoms with Crippen molar-refractivity contribution in [1.82, 2.24) is 14.9 Å². The second-order valence-corrected chi connectivity index (χ2v) is 9.37. The fourth-order valence-electron chi connectivity index (χ4n) is 3.17. The molecule has 160 valence electrons. The Morgan fingerprint density at radius 3 is 2.23 bits per heavy atom. The van der Waals surface area contributed by atoms with E-state index in [1.807, 2.05) is 17.0 Å². The Morgan fingerprint density at radius 2 is 1.70 bits per heavy atom. The molecule has 2 heterocycles. The van der Waals surface area contributed by atoms with Crippen molar-refractivity contribution >= 4 is 29.5 Å². The molecule has 1 aliphatic heterocycles. The maximum absolute atomic E-state index is 11.6. The lowest BCUT2D eigenvalue weighted by atomic mass is 9.92. The first-order chi connectivity index (χ1) is 14.1. The van der Waals surface area contributed by atoms with Crippen LogP contribution in [0.5, 0.6) is 0 Å². The molecular formula is C22H28N4O3S. The fraction of sp³-hybridized carbons (Fsp3) is 0.455. The number of aromatic carboxylic acids is 1. The molecule has 1 N–H and O–H groups in total. The molecule has 1 fully saturated rings. The van der Waals surface area contributed by atoms with Gasteiger partial charge in [-0.15, -0.1) is 0 Å². The Balaban J connectivity index is 1.77. The van der Waals surface area contributed by atoms with E-state index in [2.05, 4.69) is 31.7 Å². The summed E-state index contributed by atoms with van der Waals surface area (Å²) >= 11 is 1.54. The highest BCUT2D eigenvalue weighted by atomic mass is 32.2. The number of amides is 1. The van der Waals surface area contributed by atoms with E-state index in [9.17, 15) is 9.59 Å². The zero-order valence-corrected chi connectivity index (χ0v) is 18.7. The molecule has 1 aromatic carbocycles. The maximum Gasteiger partial charge on any atom is 0.335 e. The van der Waals surface area contributed by atoms with Gasteiger partial charge in [0.15, 0.2) is 5.16 Å². The van der Waals surface area contributed by atoms with Crippen LogP contribution in [0.2, 0.25) is 0 Å². The number of carbonyl (C=O) groups is 2. The number of piperazine rings is 1. The molecule has 2 aromatic rings. The van der Waals surface area contributed by atoms with E-state index in [0.29, 0.717) is 24.0 Å². The number of aromatic nitrogens is 2. The van der Waals surface area contributed by atoms with Crippen LogP contribution < -0.4 is 4.90 Å². The Morgan fingerprint density at radius 1 is 1.07 bits per heavy atom. The van der Waals surface area contributed by atoms with E-state index in [1.165, 1.54) is 0 Å².